The van der Waals surface area contributed by atoms with Gasteiger partial charge in [0.15, 0.2) is 11.5 Å². The van der Waals surface area contributed by atoms with Crippen LogP contribution in [0, 0.1) is 12.8 Å². The molecule has 1 aliphatic heterocycles. The average Bonchev–Trinajstić information content (AvgIpc) is 3.31. The van der Waals surface area contributed by atoms with Gasteiger partial charge >= 0.3 is 0 Å². The van der Waals surface area contributed by atoms with E-state index in [0.29, 0.717) is 18.7 Å². The molecule has 4 aromatic rings. The van der Waals surface area contributed by atoms with Crippen molar-refractivity contribution in [1.29, 1.82) is 0 Å². The third-order valence-electron chi connectivity index (χ3n) is 6.51. The topological polar surface area (TPSA) is 88.8 Å². The third-order valence-corrected chi connectivity index (χ3v) is 6.51. The van der Waals surface area contributed by atoms with Gasteiger partial charge in [0.2, 0.25) is 11.8 Å². The number of fused-ring (bicyclic) bond motifs is 1. The van der Waals surface area contributed by atoms with E-state index in [1.807, 2.05) is 84.3 Å². The van der Waals surface area contributed by atoms with Crippen LogP contribution >= 0.6 is 0 Å². The predicted molar refractivity (Wildman–Crippen MR) is 132 cm³/mol. The quantitative estimate of drug-likeness (QED) is 0.463. The molecule has 1 fully saturated rings. The zero-order valence-corrected chi connectivity index (χ0v) is 19.7. The first-order valence-corrected chi connectivity index (χ1v) is 11.6. The number of rotatable bonds is 6. The normalized spacial score (nSPS) is 18.0. The summed E-state index contributed by atoms with van der Waals surface area (Å²) in [5.41, 5.74) is 3.49. The average molecular weight is 470 g/mol. The molecule has 8 heteroatoms. The number of aryl methyl sites for hydroxylation is 1. The fraction of sp³-hybridized carbons (Fsp3) is 0.259. The lowest BCUT2D eigenvalue weighted by molar-refractivity contribution is -0.129. The van der Waals surface area contributed by atoms with Crippen LogP contribution in [0.5, 0.6) is 5.75 Å². The Bertz CT molecular complexity index is 1350. The van der Waals surface area contributed by atoms with Crippen LogP contribution in [0.1, 0.15) is 35.8 Å². The van der Waals surface area contributed by atoms with Crippen molar-refractivity contribution in [3.05, 3.63) is 89.9 Å². The molecule has 2 atom stereocenters. The smallest absolute Gasteiger partial charge is 0.227 e. The van der Waals surface area contributed by atoms with Gasteiger partial charge < -0.3 is 15.0 Å². The zero-order chi connectivity index (χ0) is 24.4. The van der Waals surface area contributed by atoms with Gasteiger partial charge in [-0.3, -0.25) is 14.0 Å². The summed E-state index contributed by atoms with van der Waals surface area (Å²) >= 11 is 0. The van der Waals surface area contributed by atoms with Crippen molar-refractivity contribution in [3.63, 3.8) is 0 Å². The lowest BCUT2D eigenvalue weighted by atomic mass is 9.83. The Morgan fingerprint density at radius 3 is 2.57 bits per heavy atom. The van der Waals surface area contributed by atoms with Gasteiger partial charge in [0.25, 0.3) is 0 Å². The molecule has 8 nitrogen and oxygen atoms in total. The molecule has 2 aromatic carbocycles. The fourth-order valence-electron chi connectivity index (χ4n) is 4.67. The number of benzene rings is 2. The van der Waals surface area contributed by atoms with Crippen LogP contribution in [0.15, 0.2) is 72.9 Å². The summed E-state index contributed by atoms with van der Waals surface area (Å²) in [6, 6.07) is 20.6. The molecule has 2 amide bonds. The molecular formula is C27H27N5O3. The molecule has 0 spiro atoms. The highest BCUT2D eigenvalue weighted by Gasteiger charge is 2.41. The van der Waals surface area contributed by atoms with Crippen molar-refractivity contribution >= 4 is 23.1 Å². The Morgan fingerprint density at radius 1 is 1.06 bits per heavy atom. The van der Waals surface area contributed by atoms with Crippen molar-refractivity contribution in [1.82, 2.24) is 19.9 Å². The van der Waals surface area contributed by atoms with Crippen LogP contribution in [0.2, 0.25) is 0 Å². The van der Waals surface area contributed by atoms with E-state index in [1.54, 1.807) is 12.0 Å². The molecule has 3 heterocycles. The number of hydrogen-bond acceptors (Lipinski definition) is 5. The first-order valence-electron chi connectivity index (χ1n) is 11.6. The second kappa shape index (κ2) is 9.58. The maximum Gasteiger partial charge on any atom is 0.227 e. The molecule has 5 rings (SSSR count). The number of hydrogen-bond donors (Lipinski definition) is 1. The highest BCUT2D eigenvalue weighted by molar-refractivity contribution is 5.97. The van der Waals surface area contributed by atoms with Gasteiger partial charge in [-0.25, -0.2) is 0 Å². The number of pyridine rings is 1. The number of methoxy groups -OCH3 is 1. The molecule has 0 radical (unpaired) electrons. The standard InChI is InChI=1S/C27H27N5O3/c1-18-6-10-20(11-7-18)32-25(33)15-14-22(26(32)19-8-12-21(35-2)13-9-19)27(34)28-17-24-30-29-23-5-3-4-16-31(23)24/h3-13,16,22,26H,14-15,17H2,1-2H3,(H,28,34). The van der Waals surface area contributed by atoms with Gasteiger partial charge in [0.1, 0.15) is 5.75 Å². The molecule has 0 aliphatic carbocycles. The number of nitrogens with one attached hydrogen (secondary N) is 1. The Kier molecular flexibility index (Phi) is 6.18. The first-order chi connectivity index (χ1) is 17.0. The minimum atomic E-state index is -0.444. The Morgan fingerprint density at radius 2 is 1.83 bits per heavy atom. The van der Waals surface area contributed by atoms with E-state index < -0.39 is 12.0 Å². The van der Waals surface area contributed by atoms with Crippen molar-refractivity contribution in [2.24, 2.45) is 5.92 Å². The summed E-state index contributed by atoms with van der Waals surface area (Å²) in [6.45, 7) is 2.25. The number of aromatic nitrogens is 3. The lowest BCUT2D eigenvalue weighted by Crippen LogP contribution is -2.48. The van der Waals surface area contributed by atoms with Crippen molar-refractivity contribution in [3.8, 4) is 5.75 Å². The second-order valence-electron chi connectivity index (χ2n) is 8.73. The van der Waals surface area contributed by atoms with E-state index in [-0.39, 0.29) is 18.4 Å². The first kappa shape index (κ1) is 22.6. The number of anilines is 1. The highest BCUT2D eigenvalue weighted by Crippen LogP contribution is 2.40. The minimum Gasteiger partial charge on any atom is -0.497 e. The van der Waals surface area contributed by atoms with E-state index in [4.69, 9.17) is 4.74 Å². The second-order valence-corrected chi connectivity index (χ2v) is 8.73. The number of nitrogens with zero attached hydrogens (tertiary/aromatic N) is 4. The van der Waals surface area contributed by atoms with Crippen LogP contribution < -0.4 is 15.0 Å². The molecule has 178 valence electrons. The van der Waals surface area contributed by atoms with Crippen LogP contribution in [-0.2, 0) is 16.1 Å². The van der Waals surface area contributed by atoms with Crippen LogP contribution in [0.25, 0.3) is 5.65 Å². The summed E-state index contributed by atoms with van der Waals surface area (Å²) in [5.74, 6) is 0.821. The van der Waals surface area contributed by atoms with E-state index >= 15 is 0 Å². The van der Waals surface area contributed by atoms with Gasteiger partial charge in [-0.1, -0.05) is 35.9 Å². The molecule has 1 saturated heterocycles. The van der Waals surface area contributed by atoms with E-state index in [0.717, 1.165) is 28.2 Å². The van der Waals surface area contributed by atoms with Gasteiger partial charge in [-0.05, 0) is 55.3 Å². The molecule has 2 unspecified atom stereocenters. The number of piperidine rings is 1. The summed E-state index contributed by atoms with van der Waals surface area (Å²) in [4.78, 5) is 28.5. The number of carbonyl (C=O) groups is 2. The minimum absolute atomic E-state index is 0.00201. The third kappa shape index (κ3) is 4.47. The molecule has 0 bridgehead atoms. The summed E-state index contributed by atoms with van der Waals surface area (Å²) in [5, 5.41) is 11.4. The molecule has 2 aromatic heterocycles. The maximum absolute atomic E-state index is 13.5. The summed E-state index contributed by atoms with van der Waals surface area (Å²) in [7, 11) is 1.61. The van der Waals surface area contributed by atoms with E-state index in [9.17, 15) is 9.59 Å². The molecule has 1 N–H and O–H groups in total. The molecular weight excluding hydrogens is 442 g/mol. The maximum atomic E-state index is 13.5. The van der Waals surface area contributed by atoms with Gasteiger partial charge in [0.05, 0.1) is 25.6 Å². The zero-order valence-electron chi connectivity index (χ0n) is 19.7. The van der Waals surface area contributed by atoms with Gasteiger partial charge in [-0.2, -0.15) is 0 Å². The van der Waals surface area contributed by atoms with Crippen molar-refractivity contribution < 1.29 is 14.3 Å². The van der Waals surface area contributed by atoms with Crippen molar-refractivity contribution in [2.45, 2.75) is 32.4 Å². The number of amides is 2. The monoisotopic (exact) mass is 469 g/mol. The van der Waals surface area contributed by atoms with Crippen LogP contribution in [0.3, 0.4) is 0 Å². The molecule has 0 saturated carbocycles. The van der Waals surface area contributed by atoms with E-state index in [1.165, 1.54) is 0 Å². The Hall–Kier alpha value is -4.20. The van der Waals surface area contributed by atoms with Gasteiger partial charge in [0, 0.05) is 18.3 Å². The summed E-state index contributed by atoms with van der Waals surface area (Å²) < 4.78 is 7.17. The fourth-order valence-corrected chi connectivity index (χ4v) is 4.67. The van der Waals surface area contributed by atoms with E-state index in [2.05, 4.69) is 15.5 Å². The molecule has 35 heavy (non-hydrogen) atoms. The Labute approximate surface area is 203 Å². The highest BCUT2D eigenvalue weighted by atomic mass is 16.5. The lowest BCUT2D eigenvalue weighted by Gasteiger charge is -2.41. The SMILES string of the molecule is COc1ccc(C2C(C(=O)NCc3nnc4ccccn34)CCC(=O)N2c2ccc(C)cc2)cc1. The molecule has 1 aliphatic rings. The van der Waals surface area contributed by atoms with Crippen molar-refractivity contribution in [2.75, 3.05) is 12.0 Å². The van der Waals surface area contributed by atoms with Crippen LogP contribution in [0.4, 0.5) is 5.69 Å². The van der Waals surface area contributed by atoms with Crippen LogP contribution in [-0.4, -0.2) is 33.5 Å². The Balaban J connectivity index is 1.46. The summed E-state index contributed by atoms with van der Waals surface area (Å²) in [6.07, 6.45) is 2.63. The predicted octanol–water partition coefficient (Wildman–Crippen LogP) is 3.85. The van der Waals surface area contributed by atoms with Gasteiger partial charge in [-0.15, -0.1) is 10.2 Å². The number of carbonyl (C=O) groups excluding carboxylic acids is 2. The largest absolute Gasteiger partial charge is 0.497 e. The number of ether oxygens (including phenoxy) is 1.